The lowest BCUT2D eigenvalue weighted by atomic mass is 10.0. The number of nitrogens with zero attached hydrogens (tertiary/aromatic N) is 1. The molecule has 0 saturated carbocycles. The number of methoxy groups -OCH3 is 1. The van der Waals surface area contributed by atoms with Crippen LogP contribution < -0.4 is 20.3 Å². The number of nitrogens with one attached hydrogen (secondary N) is 2. The Morgan fingerprint density at radius 3 is 2.50 bits per heavy atom. The number of benzene rings is 2. The number of ether oxygens (including phenoxy) is 2. The fourth-order valence-corrected chi connectivity index (χ4v) is 2.98. The summed E-state index contributed by atoms with van der Waals surface area (Å²) in [5, 5.41) is 10.2. The van der Waals surface area contributed by atoms with E-state index in [0.717, 1.165) is 43.2 Å². The fraction of sp³-hybridized carbons (Fsp3) is 0.400. The van der Waals surface area contributed by atoms with Crippen LogP contribution >= 0.6 is 0 Å². The van der Waals surface area contributed by atoms with Crippen LogP contribution in [0.3, 0.4) is 0 Å². The lowest BCUT2D eigenvalue weighted by Gasteiger charge is -2.19. The minimum Gasteiger partial charge on any atom is -0.497 e. The molecule has 1 atom stereocenters. The summed E-state index contributed by atoms with van der Waals surface area (Å²) in [6, 6.07) is 16.2. The van der Waals surface area contributed by atoms with Gasteiger partial charge in [-0.1, -0.05) is 30.3 Å². The number of para-hydroxylation sites is 1. The summed E-state index contributed by atoms with van der Waals surface area (Å²) in [5.74, 6) is 1.72. The molecule has 3 N–H and O–H groups in total. The van der Waals surface area contributed by atoms with Crippen LogP contribution in [0.15, 0.2) is 48.5 Å². The van der Waals surface area contributed by atoms with Gasteiger partial charge in [-0.3, -0.25) is 4.90 Å². The van der Waals surface area contributed by atoms with E-state index < -0.39 is 6.10 Å². The summed E-state index contributed by atoms with van der Waals surface area (Å²) >= 11 is 0. The monoisotopic (exact) mass is 357 g/mol. The van der Waals surface area contributed by atoms with E-state index in [2.05, 4.69) is 34.0 Å². The molecule has 1 heterocycles. The van der Waals surface area contributed by atoms with Gasteiger partial charge in [0.2, 0.25) is 0 Å². The molecular weight excluding hydrogens is 330 g/mol. The first-order chi connectivity index (χ1) is 12.7. The summed E-state index contributed by atoms with van der Waals surface area (Å²) in [6.45, 7) is 2.33. The highest BCUT2D eigenvalue weighted by molar-refractivity contribution is 5.35. The van der Waals surface area contributed by atoms with E-state index in [4.69, 9.17) is 9.47 Å². The quantitative estimate of drug-likeness (QED) is 0.633. The molecule has 1 aliphatic rings. The molecule has 0 amide bonds. The van der Waals surface area contributed by atoms with Gasteiger partial charge in [-0.05, 0) is 42.2 Å². The Kier molecular flexibility index (Phi) is 6.85. The van der Waals surface area contributed by atoms with Crippen molar-refractivity contribution >= 4 is 0 Å². The summed E-state index contributed by atoms with van der Waals surface area (Å²) in [7, 11) is 1.67. The van der Waals surface area contributed by atoms with Crippen molar-refractivity contribution in [3.63, 3.8) is 0 Å². The van der Waals surface area contributed by atoms with E-state index in [0.29, 0.717) is 6.54 Å². The van der Waals surface area contributed by atoms with Gasteiger partial charge in [0.1, 0.15) is 24.2 Å². The molecule has 1 aliphatic heterocycles. The lowest BCUT2D eigenvalue weighted by Crippen LogP contribution is -2.35. The zero-order valence-electron chi connectivity index (χ0n) is 15.1. The van der Waals surface area contributed by atoms with Crippen LogP contribution in [0.1, 0.15) is 11.1 Å². The third kappa shape index (κ3) is 5.44. The second kappa shape index (κ2) is 9.54. The summed E-state index contributed by atoms with van der Waals surface area (Å²) in [4.78, 5) is 2.09. The highest BCUT2D eigenvalue weighted by atomic mass is 16.5. The van der Waals surface area contributed by atoms with E-state index in [1.807, 2.05) is 30.3 Å². The Morgan fingerprint density at radius 1 is 1.04 bits per heavy atom. The van der Waals surface area contributed by atoms with E-state index in [1.165, 1.54) is 5.56 Å². The fourth-order valence-electron chi connectivity index (χ4n) is 2.98. The summed E-state index contributed by atoms with van der Waals surface area (Å²) < 4.78 is 11.1. The molecule has 6 heteroatoms. The number of aryl methyl sites for hydroxylation is 2. The molecule has 2 aromatic rings. The van der Waals surface area contributed by atoms with Crippen LogP contribution in [-0.2, 0) is 12.8 Å². The molecule has 0 unspecified atom stereocenters. The van der Waals surface area contributed by atoms with Gasteiger partial charge in [0.15, 0.2) is 0 Å². The topological polar surface area (TPSA) is 66.0 Å². The van der Waals surface area contributed by atoms with Crippen LogP contribution in [0.5, 0.6) is 11.5 Å². The first-order valence-corrected chi connectivity index (χ1v) is 8.94. The molecule has 140 valence electrons. The lowest BCUT2D eigenvalue weighted by molar-refractivity contribution is 0.0744. The number of hydrazine groups is 1. The minimum absolute atomic E-state index is 0.288. The number of hydrogen-bond donors (Lipinski definition) is 3. The minimum atomic E-state index is -0.522. The normalized spacial score (nSPS) is 15.8. The third-order valence-electron chi connectivity index (χ3n) is 4.45. The Bertz CT molecular complexity index is 672. The van der Waals surface area contributed by atoms with Crippen LogP contribution in [0.2, 0.25) is 0 Å². The number of rotatable bonds is 9. The van der Waals surface area contributed by atoms with Crippen molar-refractivity contribution < 1.29 is 14.6 Å². The highest BCUT2D eigenvalue weighted by Crippen LogP contribution is 2.21. The van der Waals surface area contributed by atoms with Gasteiger partial charge < -0.3 is 14.6 Å². The average molecular weight is 357 g/mol. The van der Waals surface area contributed by atoms with E-state index in [9.17, 15) is 5.11 Å². The summed E-state index contributed by atoms with van der Waals surface area (Å²) in [6.07, 6.45) is 1.29. The van der Waals surface area contributed by atoms with Crippen molar-refractivity contribution in [3.8, 4) is 11.5 Å². The van der Waals surface area contributed by atoms with Crippen LogP contribution in [0, 0.1) is 0 Å². The first-order valence-electron chi connectivity index (χ1n) is 8.94. The second-order valence-electron chi connectivity index (χ2n) is 6.44. The molecule has 0 aromatic heterocycles. The van der Waals surface area contributed by atoms with Crippen LogP contribution in [-0.4, -0.2) is 49.7 Å². The zero-order valence-corrected chi connectivity index (χ0v) is 15.1. The summed E-state index contributed by atoms with van der Waals surface area (Å²) in [5.41, 5.74) is 8.44. The average Bonchev–Trinajstić information content (AvgIpc) is 3.18. The van der Waals surface area contributed by atoms with Crippen molar-refractivity contribution in [3.05, 3.63) is 59.7 Å². The smallest absolute Gasteiger partial charge is 0.122 e. The maximum atomic E-state index is 10.2. The SMILES string of the molecule is COc1ccc(CCc2ccccc2OC[C@H](O)CN2CNNC2)cc1. The number of hydrogen-bond acceptors (Lipinski definition) is 6. The number of aliphatic hydroxyl groups is 1. The number of aliphatic hydroxyl groups excluding tert-OH is 1. The molecular formula is C20H27N3O3. The molecule has 1 fully saturated rings. The van der Waals surface area contributed by atoms with Crippen molar-refractivity contribution in [2.24, 2.45) is 0 Å². The van der Waals surface area contributed by atoms with Gasteiger partial charge in [0.25, 0.3) is 0 Å². The Hall–Kier alpha value is -2.12. The van der Waals surface area contributed by atoms with Gasteiger partial charge >= 0.3 is 0 Å². The van der Waals surface area contributed by atoms with E-state index in [-0.39, 0.29) is 6.61 Å². The molecule has 0 radical (unpaired) electrons. The molecule has 3 rings (SSSR count). The Labute approximate surface area is 154 Å². The van der Waals surface area contributed by atoms with Gasteiger partial charge in [0.05, 0.1) is 20.4 Å². The van der Waals surface area contributed by atoms with Gasteiger partial charge in [-0.25, -0.2) is 10.9 Å². The van der Waals surface area contributed by atoms with Crippen LogP contribution in [0.4, 0.5) is 0 Å². The molecule has 2 aromatic carbocycles. The van der Waals surface area contributed by atoms with Gasteiger partial charge in [0, 0.05) is 6.54 Å². The maximum absolute atomic E-state index is 10.2. The molecule has 26 heavy (non-hydrogen) atoms. The highest BCUT2D eigenvalue weighted by Gasteiger charge is 2.16. The van der Waals surface area contributed by atoms with Crippen molar-refractivity contribution in [1.82, 2.24) is 15.8 Å². The predicted octanol–water partition coefficient (Wildman–Crippen LogP) is 1.54. The largest absolute Gasteiger partial charge is 0.497 e. The third-order valence-corrected chi connectivity index (χ3v) is 4.45. The second-order valence-corrected chi connectivity index (χ2v) is 6.44. The van der Waals surface area contributed by atoms with E-state index in [1.54, 1.807) is 7.11 Å². The zero-order chi connectivity index (χ0) is 18.2. The molecule has 0 spiro atoms. The Morgan fingerprint density at radius 2 is 1.77 bits per heavy atom. The molecule has 0 bridgehead atoms. The van der Waals surface area contributed by atoms with Crippen molar-refractivity contribution in [1.29, 1.82) is 0 Å². The standard InChI is InChI=1S/C20H27N3O3/c1-25-19-10-7-16(8-11-19)6-9-17-4-2-3-5-20(17)26-13-18(24)12-23-14-21-22-15-23/h2-5,7-8,10-11,18,21-22,24H,6,9,12-15H2,1H3/t18-/m1/s1. The predicted molar refractivity (Wildman–Crippen MR) is 101 cm³/mol. The Balaban J connectivity index is 1.51. The van der Waals surface area contributed by atoms with Gasteiger partial charge in [-0.2, -0.15) is 0 Å². The van der Waals surface area contributed by atoms with Crippen molar-refractivity contribution in [2.75, 3.05) is 33.6 Å². The van der Waals surface area contributed by atoms with Crippen molar-refractivity contribution in [2.45, 2.75) is 18.9 Å². The number of β-amino-alcohol motifs (C(OH)–C–C–N with tert-alkyl or cyclic N) is 1. The van der Waals surface area contributed by atoms with E-state index >= 15 is 0 Å². The van der Waals surface area contributed by atoms with Gasteiger partial charge in [-0.15, -0.1) is 0 Å². The molecule has 0 aliphatic carbocycles. The maximum Gasteiger partial charge on any atom is 0.122 e. The molecule has 6 nitrogen and oxygen atoms in total. The molecule has 1 saturated heterocycles. The van der Waals surface area contributed by atoms with Crippen LogP contribution in [0.25, 0.3) is 0 Å². The first kappa shape index (κ1) is 18.7.